The second kappa shape index (κ2) is 7.15. The normalized spacial score (nSPS) is 21.7. The smallest absolute Gasteiger partial charge is 0.248 e. The first-order valence-corrected chi connectivity index (χ1v) is 9.21. The standard InChI is InChI=1S/C18H29N5O2/c1-22(2)16(25)17(6-3-4-7-17)14-20-15(24)18(8-11-19-12-9-18)23-13-5-10-21-23/h5,10,13,19H,3-4,6-9,11-12,14H2,1-2H3,(H,20,24). The molecule has 0 spiro atoms. The number of carbonyl (C=O) groups excluding carboxylic acids is 2. The molecule has 138 valence electrons. The first-order valence-electron chi connectivity index (χ1n) is 9.21. The number of aromatic nitrogens is 2. The number of hydrogen-bond donors (Lipinski definition) is 2. The molecule has 2 amide bonds. The van der Waals surface area contributed by atoms with Crippen molar-refractivity contribution >= 4 is 11.8 Å². The lowest BCUT2D eigenvalue weighted by atomic mass is 9.83. The Labute approximate surface area is 149 Å². The van der Waals surface area contributed by atoms with Crippen LogP contribution in [-0.2, 0) is 15.1 Å². The van der Waals surface area contributed by atoms with Gasteiger partial charge in [0, 0.05) is 33.0 Å². The van der Waals surface area contributed by atoms with Crippen molar-refractivity contribution in [1.82, 2.24) is 25.3 Å². The molecule has 2 fully saturated rings. The molecule has 2 aliphatic rings. The summed E-state index contributed by atoms with van der Waals surface area (Å²) in [7, 11) is 3.59. The van der Waals surface area contributed by atoms with E-state index in [-0.39, 0.29) is 11.8 Å². The average Bonchev–Trinajstić information content (AvgIpc) is 3.32. The highest BCUT2D eigenvalue weighted by atomic mass is 16.2. The van der Waals surface area contributed by atoms with E-state index in [1.54, 1.807) is 29.9 Å². The molecule has 3 rings (SSSR count). The fourth-order valence-corrected chi connectivity index (χ4v) is 4.33. The van der Waals surface area contributed by atoms with Crippen molar-refractivity contribution in [2.24, 2.45) is 5.41 Å². The largest absolute Gasteiger partial charge is 0.353 e. The zero-order valence-electron chi connectivity index (χ0n) is 15.3. The molecule has 1 saturated carbocycles. The molecule has 0 bridgehead atoms. The third-order valence-corrected chi connectivity index (χ3v) is 5.80. The molecule has 1 aromatic heterocycles. The topological polar surface area (TPSA) is 79.3 Å². The van der Waals surface area contributed by atoms with Crippen LogP contribution in [0.4, 0.5) is 0 Å². The second-order valence-electron chi connectivity index (χ2n) is 7.60. The maximum Gasteiger partial charge on any atom is 0.248 e. The second-order valence-corrected chi connectivity index (χ2v) is 7.60. The van der Waals surface area contributed by atoms with Gasteiger partial charge in [-0.15, -0.1) is 0 Å². The number of rotatable bonds is 5. The van der Waals surface area contributed by atoms with Gasteiger partial charge in [-0.05, 0) is 44.8 Å². The third kappa shape index (κ3) is 3.29. The minimum absolute atomic E-state index is 0.0180. The van der Waals surface area contributed by atoms with Crippen LogP contribution in [0, 0.1) is 5.41 Å². The number of nitrogens with one attached hydrogen (secondary N) is 2. The third-order valence-electron chi connectivity index (χ3n) is 5.80. The van der Waals surface area contributed by atoms with Crippen molar-refractivity contribution in [2.75, 3.05) is 33.7 Å². The molecule has 7 nitrogen and oxygen atoms in total. The van der Waals surface area contributed by atoms with Crippen LogP contribution in [0.25, 0.3) is 0 Å². The Kier molecular flexibility index (Phi) is 5.13. The number of amides is 2. The van der Waals surface area contributed by atoms with Crippen molar-refractivity contribution in [3.63, 3.8) is 0 Å². The lowest BCUT2D eigenvalue weighted by Gasteiger charge is -2.38. The SMILES string of the molecule is CN(C)C(=O)C1(CNC(=O)C2(n3cccn3)CCNCC2)CCCC1. The van der Waals surface area contributed by atoms with Crippen molar-refractivity contribution in [2.45, 2.75) is 44.1 Å². The molecule has 25 heavy (non-hydrogen) atoms. The number of nitrogens with zero attached hydrogens (tertiary/aromatic N) is 3. The number of carbonyl (C=O) groups is 2. The first kappa shape index (κ1) is 17.9. The van der Waals surface area contributed by atoms with Gasteiger partial charge in [0.25, 0.3) is 0 Å². The highest BCUT2D eigenvalue weighted by Crippen LogP contribution is 2.39. The molecule has 1 saturated heterocycles. The minimum Gasteiger partial charge on any atom is -0.353 e. The predicted octanol–water partition coefficient (Wildman–Crippen LogP) is 0.727. The Morgan fingerprint density at radius 3 is 2.44 bits per heavy atom. The van der Waals surface area contributed by atoms with Crippen LogP contribution in [0.2, 0.25) is 0 Å². The van der Waals surface area contributed by atoms with Gasteiger partial charge in [0.05, 0.1) is 5.41 Å². The molecule has 2 N–H and O–H groups in total. The van der Waals surface area contributed by atoms with Gasteiger partial charge in [-0.1, -0.05) is 12.8 Å². The van der Waals surface area contributed by atoms with Gasteiger partial charge in [-0.2, -0.15) is 5.10 Å². The van der Waals surface area contributed by atoms with Gasteiger partial charge >= 0.3 is 0 Å². The summed E-state index contributed by atoms with van der Waals surface area (Å²) in [6, 6.07) is 1.85. The van der Waals surface area contributed by atoms with E-state index in [9.17, 15) is 9.59 Å². The lowest BCUT2D eigenvalue weighted by molar-refractivity contribution is -0.140. The zero-order valence-corrected chi connectivity index (χ0v) is 15.3. The van der Waals surface area contributed by atoms with Gasteiger partial charge < -0.3 is 15.5 Å². The summed E-state index contributed by atoms with van der Waals surface area (Å²) in [5.41, 5.74) is -1.10. The predicted molar refractivity (Wildman–Crippen MR) is 94.9 cm³/mol. The summed E-state index contributed by atoms with van der Waals surface area (Å²) in [5.74, 6) is 0.110. The van der Waals surface area contributed by atoms with Crippen LogP contribution in [0.1, 0.15) is 38.5 Å². The van der Waals surface area contributed by atoms with Crippen LogP contribution >= 0.6 is 0 Å². The van der Waals surface area contributed by atoms with Gasteiger partial charge in [0.1, 0.15) is 5.54 Å². The molecule has 2 heterocycles. The fraction of sp³-hybridized carbons (Fsp3) is 0.722. The summed E-state index contributed by atoms with van der Waals surface area (Å²) < 4.78 is 1.79. The highest BCUT2D eigenvalue weighted by molar-refractivity contribution is 5.87. The molecule has 1 aliphatic heterocycles. The molecule has 1 aromatic rings. The number of hydrogen-bond acceptors (Lipinski definition) is 4. The first-order chi connectivity index (χ1) is 12.0. The monoisotopic (exact) mass is 347 g/mol. The molecule has 0 unspecified atom stereocenters. The van der Waals surface area contributed by atoms with E-state index in [0.29, 0.717) is 19.4 Å². The Bertz CT molecular complexity index is 599. The molecule has 0 atom stereocenters. The average molecular weight is 347 g/mol. The maximum atomic E-state index is 13.2. The quantitative estimate of drug-likeness (QED) is 0.823. The summed E-state index contributed by atoms with van der Waals surface area (Å²) in [5, 5.41) is 10.8. The minimum atomic E-state index is -0.657. The van der Waals surface area contributed by atoms with Crippen LogP contribution in [-0.4, -0.2) is 60.2 Å². The Morgan fingerprint density at radius 1 is 1.20 bits per heavy atom. The molecule has 0 radical (unpaired) electrons. The molecular formula is C18H29N5O2. The van der Waals surface area contributed by atoms with E-state index in [4.69, 9.17) is 0 Å². The van der Waals surface area contributed by atoms with Gasteiger partial charge in [0.2, 0.25) is 11.8 Å². The Hall–Kier alpha value is -1.89. The summed E-state index contributed by atoms with van der Waals surface area (Å²) in [4.78, 5) is 27.6. The number of piperidine rings is 1. The maximum absolute atomic E-state index is 13.2. The van der Waals surface area contributed by atoms with Crippen LogP contribution in [0.3, 0.4) is 0 Å². The highest BCUT2D eigenvalue weighted by Gasteiger charge is 2.46. The van der Waals surface area contributed by atoms with Gasteiger partial charge in [-0.25, -0.2) is 0 Å². The van der Waals surface area contributed by atoms with E-state index in [1.807, 2.05) is 12.3 Å². The molecule has 1 aliphatic carbocycles. The zero-order chi connectivity index (χ0) is 17.9. The van der Waals surface area contributed by atoms with E-state index in [0.717, 1.165) is 38.8 Å². The summed E-state index contributed by atoms with van der Waals surface area (Å²) >= 11 is 0. The van der Waals surface area contributed by atoms with Crippen LogP contribution in [0.15, 0.2) is 18.5 Å². The fourth-order valence-electron chi connectivity index (χ4n) is 4.33. The van der Waals surface area contributed by atoms with Gasteiger partial charge in [0.15, 0.2) is 0 Å². The van der Waals surface area contributed by atoms with Crippen molar-refractivity contribution in [3.8, 4) is 0 Å². The summed E-state index contributed by atoms with van der Waals surface area (Å²) in [6.07, 6.45) is 8.77. The van der Waals surface area contributed by atoms with Gasteiger partial charge in [-0.3, -0.25) is 14.3 Å². The lowest BCUT2D eigenvalue weighted by Crippen LogP contribution is -2.57. The van der Waals surface area contributed by atoms with Crippen molar-refractivity contribution < 1.29 is 9.59 Å². The molecule has 0 aromatic carbocycles. The van der Waals surface area contributed by atoms with Crippen LogP contribution in [0.5, 0.6) is 0 Å². The Morgan fingerprint density at radius 2 is 1.88 bits per heavy atom. The molecule has 7 heteroatoms. The van der Waals surface area contributed by atoms with E-state index in [1.165, 1.54) is 0 Å². The van der Waals surface area contributed by atoms with E-state index in [2.05, 4.69) is 15.7 Å². The van der Waals surface area contributed by atoms with Crippen molar-refractivity contribution in [1.29, 1.82) is 0 Å². The molecular weight excluding hydrogens is 318 g/mol. The van der Waals surface area contributed by atoms with Crippen LogP contribution < -0.4 is 10.6 Å². The Balaban J connectivity index is 1.76. The van der Waals surface area contributed by atoms with E-state index < -0.39 is 11.0 Å². The van der Waals surface area contributed by atoms with E-state index >= 15 is 0 Å². The summed E-state index contributed by atoms with van der Waals surface area (Å²) in [6.45, 7) is 1.99. The van der Waals surface area contributed by atoms with Crippen molar-refractivity contribution in [3.05, 3.63) is 18.5 Å².